The maximum atomic E-state index is 2.40. The maximum absolute atomic E-state index is 2.40. The zero-order valence-electron chi connectivity index (χ0n) is 9.60. The number of benzene rings is 1. The minimum Gasteiger partial charge on any atom is -0.0767 e. The number of hydrogen-bond donors (Lipinski definition) is 0. The zero-order valence-corrected chi connectivity index (χ0v) is 9.60. The largest absolute Gasteiger partial charge is 0.0767 e. The van der Waals surface area contributed by atoms with Gasteiger partial charge in [-0.05, 0) is 29.9 Å². The first-order valence-corrected chi connectivity index (χ1v) is 6.39. The molecule has 0 aliphatic heterocycles. The molecule has 1 saturated carbocycles. The average molecular weight is 210 g/mol. The van der Waals surface area contributed by atoms with Crippen LogP contribution >= 0.6 is 0 Å². The summed E-state index contributed by atoms with van der Waals surface area (Å²) >= 11 is 0. The second-order valence-corrected chi connectivity index (χ2v) is 4.94. The van der Waals surface area contributed by atoms with Crippen LogP contribution in [0.2, 0.25) is 0 Å². The van der Waals surface area contributed by atoms with Gasteiger partial charge < -0.3 is 0 Å². The lowest BCUT2D eigenvalue weighted by Gasteiger charge is -2.20. The van der Waals surface area contributed by atoms with Gasteiger partial charge in [-0.1, -0.05) is 61.4 Å². The fraction of sp³-hybridized carbons (Fsp3) is 0.375. The van der Waals surface area contributed by atoms with E-state index in [9.17, 15) is 0 Å². The van der Waals surface area contributed by atoms with Crippen LogP contribution in [0, 0.1) is 11.8 Å². The van der Waals surface area contributed by atoms with E-state index in [0.717, 1.165) is 5.92 Å². The molecule has 1 unspecified atom stereocenters. The summed E-state index contributed by atoms with van der Waals surface area (Å²) in [6, 6.07) is 10.8. The van der Waals surface area contributed by atoms with Crippen LogP contribution < -0.4 is 0 Å². The summed E-state index contributed by atoms with van der Waals surface area (Å²) in [6.45, 7) is 0. The van der Waals surface area contributed by atoms with Gasteiger partial charge in [-0.3, -0.25) is 0 Å². The molecule has 0 nitrogen and oxygen atoms in total. The Bertz CT molecular complexity index is 405. The van der Waals surface area contributed by atoms with Gasteiger partial charge in [-0.15, -0.1) is 0 Å². The van der Waals surface area contributed by atoms with Crippen molar-refractivity contribution < 1.29 is 0 Å². The smallest absolute Gasteiger partial charge is 0.00553 e. The van der Waals surface area contributed by atoms with Crippen molar-refractivity contribution in [2.75, 3.05) is 0 Å². The van der Waals surface area contributed by atoms with Crippen LogP contribution in [0.1, 0.15) is 31.2 Å². The van der Waals surface area contributed by atoms with E-state index in [1.165, 1.54) is 36.8 Å². The van der Waals surface area contributed by atoms with Gasteiger partial charge in [-0.2, -0.15) is 0 Å². The number of rotatable bonds is 2. The summed E-state index contributed by atoms with van der Waals surface area (Å²) < 4.78 is 0. The van der Waals surface area contributed by atoms with Gasteiger partial charge in [0.1, 0.15) is 0 Å². The first kappa shape index (κ1) is 9.89. The maximum Gasteiger partial charge on any atom is 0.00553 e. The van der Waals surface area contributed by atoms with E-state index in [1.807, 2.05) is 0 Å². The highest BCUT2D eigenvalue weighted by atomic mass is 14.3. The molecule has 82 valence electrons. The predicted octanol–water partition coefficient (Wildman–Crippen LogP) is 4.45. The van der Waals surface area contributed by atoms with Crippen molar-refractivity contribution in [3.05, 3.63) is 54.1 Å². The summed E-state index contributed by atoms with van der Waals surface area (Å²) in [5.74, 6) is 1.58. The van der Waals surface area contributed by atoms with Gasteiger partial charge in [-0.25, -0.2) is 0 Å². The van der Waals surface area contributed by atoms with Crippen molar-refractivity contribution in [1.82, 2.24) is 0 Å². The van der Waals surface area contributed by atoms with Crippen LogP contribution in [0.5, 0.6) is 0 Å². The normalized spacial score (nSPS) is 25.0. The van der Waals surface area contributed by atoms with Crippen LogP contribution in [-0.4, -0.2) is 0 Å². The lowest BCUT2D eigenvalue weighted by Crippen LogP contribution is -2.09. The second kappa shape index (κ2) is 4.29. The Morgan fingerprint density at radius 2 is 1.69 bits per heavy atom. The lowest BCUT2D eigenvalue weighted by atomic mass is 9.84. The van der Waals surface area contributed by atoms with Crippen molar-refractivity contribution >= 4 is 5.57 Å². The fourth-order valence-corrected chi connectivity index (χ4v) is 3.14. The topological polar surface area (TPSA) is 0 Å². The van der Waals surface area contributed by atoms with E-state index in [4.69, 9.17) is 0 Å². The molecule has 0 bridgehead atoms. The van der Waals surface area contributed by atoms with E-state index in [0.29, 0.717) is 5.92 Å². The lowest BCUT2D eigenvalue weighted by molar-refractivity contribution is 0.483. The summed E-state index contributed by atoms with van der Waals surface area (Å²) in [7, 11) is 0. The first-order chi connectivity index (χ1) is 7.95. The fourth-order valence-electron chi connectivity index (χ4n) is 3.14. The van der Waals surface area contributed by atoms with Crippen LogP contribution in [-0.2, 0) is 0 Å². The molecule has 0 N–H and O–H groups in total. The molecular formula is C16H18. The third-order valence-corrected chi connectivity index (χ3v) is 3.97. The van der Waals surface area contributed by atoms with E-state index in [-0.39, 0.29) is 0 Å². The average Bonchev–Trinajstić information content (AvgIpc) is 3.01. The summed E-state index contributed by atoms with van der Waals surface area (Å²) in [5, 5.41) is 0. The van der Waals surface area contributed by atoms with Gasteiger partial charge in [0.05, 0.1) is 0 Å². The van der Waals surface area contributed by atoms with Crippen LogP contribution in [0.25, 0.3) is 5.57 Å². The molecule has 0 heterocycles. The van der Waals surface area contributed by atoms with Crippen molar-refractivity contribution in [2.45, 2.75) is 25.7 Å². The van der Waals surface area contributed by atoms with E-state index in [2.05, 4.69) is 48.6 Å². The Morgan fingerprint density at radius 1 is 0.938 bits per heavy atom. The third-order valence-electron chi connectivity index (χ3n) is 3.97. The molecule has 1 fully saturated rings. The molecule has 0 spiro atoms. The van der Waals surface area contributed by atoms with Crippen molar-refractivity contribution in [1.29, 1.82) is 0 Å². The SMILES string of the molecule is C1=CC(C2CCCC2)C(c2ccccc2)=C1. The Balaban J connectivity index is 1.85. The Morgan fingerprint density at radius 3 is 2.44 bits per heavy atom. The monoisotopic (exact) mass is 210 g/mol. The molecule has 0 amide bonds. The number of hydrogen-bond acceptors (Lipinski definition) is 0. The van der Waals surface area contributed by atoms with Crippen LogP contribution in [0.4, 0.5) is 0 Å². The summed E-state index contributed by atoms with van der Waals surface area (Å²) in [5.41, 5.74) is 2.94. The summed E-state index contributed by atoms with van der Waals surface area (Å²) in [6.07, 6.45) is 12.6. The molecule has 1 aromatic carbocycles. The molecule has 1 atom stereocenters. The minimum absolute atomic E-state index is 0.685. The molecule has 1 aromatic rings. The predicted molar refractivity (Wildman–Crippen MR) is 69.0 cm³/mol. The number of allylic oxidation sites excluding steroid dienone is 4. The summed E-state index contributed by atoms with van der Waals surface area (Å²) in [4.78, 5) is 0. The highest BCUT2D eigenvalue weighted by Gasteiger charge is 2.27. The van der Waals surface area contributed by atoms with Crippen LogP contribution in [0.3, 0.4) is 0 Å². The molecule has 0 aromatic heterocycles. The van der Waals surface area contributed by atoms with Gasteiger partial charge in [0.2, 0.25) is 0 Å². The Labute approximate surface area is 97.7 Å². The highest BCUT2D eigenvalue weighted by molar-refractivity contribution is 5.73. The van der Waals surface area contributed by atoms with Gasteiger partial charge in [0.15, 0.2) is 0 Å². The third kappa shape index (κ3) is 1.73. The van der Waals surface area contributed by atoms with Gasteiger partial charge in [0, 0.05) is 5.92 Å². The van der Waals surface area contributed by atoms with Crippen molar-refractivity contribution in [2.24, 2.45) is 11.8 Å². The molecule has 3 rings (SSSR count). The van der Waals surface area contributed by atoms with Crippen molar-refractivity contribution in [3.8, 4) is 0 Å². The molecule has 2 aliphatic rings. The molecule has 0 radical (unpaired) electrons. The van der Waals surface area contributed by atoms with Crippen LogP contribution in [0.15, 0.2) is 48.6 Å². The second-order valence-electron chi connectivity index (χ2n) is 4.94. The Hall–Kier alpha value is -1.30. The quantitative estimate of drug-likeness (QED) is 0.676. The molecule has 16 heavy (non-hydrogen) atoms. The first-order valence-electron chi connectivity index (χ1n) is 6.39. The highest BCUT2D eigenvalue weighted by Crippen LogP contribution is 2.41. The minimum atomic E-state index is 0.685. The van der Waals surface area contributed by atoms with E-state index >= 15 is 0 Å². The van der Waals surface area contributed by atoms with E-state index in [1.54, 1.807) is 0 Å². The van der Waals surface area contributed by atoms with Gasteiger partial charge in [0.25, 0.3) is 0 Å². The molecular weight excluding hydrogens is 192 g/mol. The van der Waals surface area contributed by atoms with Crippen molar-refractivity contribution in [3.63, 3.8) is 0 Å². The Kier molecular flexibility index (Phi) is 2.65. The zero-order chi connectivity index (χ0) is 10.8. The molecule has 2 aliphatic carbocycles. The molecule has 0 heteroatoms. The standard InChI is InChI=1S/C16H18/c1-2-7-13(8-3-1)15-11-6-12-16(15)14-9-4-5-10-14/h1-3,6-8,11-12,14,16H,4-5,9-10H2. The molecule has 0 saturated heterocycles. The van der Waals surface area contributed by atoms with E-state index < -0.39 is 0 Å². The van der Waals surface area contributed by atoms with Gasteiger partial charge >= 0.3 is 0 Å².